The van der Waals surface area contributed by atoms with Crippen molar-refractivity contribution in [1.82, 2.24) is 4.90 Å². The molecule has 0 bridgehead atoms. The average molecular weight is 420 g/mol. The van der Waals surface area contributed by atoms with E-state index in [0.717, 1.165) is 5.57 Å². The van der Waals surface area contributed by atoms with Gasteiger partial charge in [0.1, 0.15) is 6.04 Å². The number of rotatable bonds is 6. The molecule has 1 amide bonds. The first-order valence-electron chi connectivity index (χ1n) is 9.15. The molecule has 0 unspecified atom stereocenters. The molecule has 0 spiro atoms. The number of nitro groups is 1. The zero-order valence-electron chi connectivity index (χ0n) is 17.2. The summed E-state index contributed by atoms with van der Waals surface area (Å²) in [5.74, 6) is -2.21. The molecule has 30 heavy (non-hydrogen) atoms. The second-order valence-electron chi connectivity index (χ2n) is 6.88. The number of likely N-dealkylation sites (tertiary alicyclic amines) is 1. The standard InChI is InChI=1S/C20H24N2O8/c1-12(8-13-6-5-7-14(9-13)22(26)27)16-11-21(20(25)30-4)18(19(24)29-3)15(16)10-17(23)28-2/h5-9,15-16,18H,10-11H2,1-4H3/b12-8+/t15-,16+,18-/m0/s1. The number of nitro benzene ring substituents is 1. The maximum absolute atomic E-state index is 12.5. The van der Waals surface area contributed by atoms with E-state index in [1.54, 1.807) is 25.1 Å². The average Bonchev–Trinajstić information content (AvgIpc) is 3.11. The Labute approximate surface area is 173 Å². The highest BCUT2D eigenvalue weighted by Crippen LogP contribution is 2.39. The topological polar surface area (TPSA) is 125 Å². The molecule has 0 saturated carbocycles. The van der Waals surface area contributed by atoms with Gasteiger partial charge in [-0.3, -0.25) is 19.8 Å². The number of esters is 2. The summed E-state index contributed by atoms with van der Waals surface area (Å²) in [5, 5.41) is 11.0. The number of methoxy groups -OCH3 is 3. The van der Waals surface area contributed by atoms with Crippen LogP contribution in [0.1, 0.15) is 18.9 Å². The third-order valence-electron chi connectivity index (χ3n) is 5.19. The highest BCUT2D eigenvalue weighted by Gasteiger charge is 2.50. The lowest BCUT2D eigenvalue weighted by molar-refractivity contribution is -0.384. The summed E-state index contributed by atoms with van der Waals surface area (Å²) in [6, 6.07) is 5.05. The molecule has 10 nitrogen and oxygen atoms in total. The number of benzene rings is 1. The fraction of sp³-hybridized carbons (Fsp3) is 0.450. The predicted octanol–water partition coefficient (Wildman–Crippen LogP) is 2.42. The first-order chi connectivity index (χ1) is 14.2. The van der Waals surface area contributed by atoms with E-state index in [1.807, 2.05) is 0 Å². The van der Waals surface area contributed by atoms with E-state index in [2.05, 4.69) is 0 Å². The van der Waals surface area contributed by atoms with Gasteiger partial charge in [0.05, 0.1) is 32.7 Å². The Morgan fingerprint density at radius 2 is 1.90 bits per heavy atom. The second kappa shape index (κ2) is 9.86. The normalized spacial score (nSPS) is 21.1. The Hall–Kier alpha value is -3.43. The third-order valence-corrected chi connectivity index (χ3v) is 5.19. The van der Waals surface area contributed by atoms with Crippen LogP contribution in [0.2, 0.25) is 0 Å². The van der Waals surface area contributed by atoms with E-state index in [-0.39, 0.29) is 18.7 Å². The SMILES string of the molecule is COC(=O)C[C@H]1[C@@H](/C(C)=C/c2cccc([N+](=O)[O-])c2)CN(C(=O)OC)[C@@H]1C(=O)OC. The van der Waals surface area contributed by atoms with Crippen LogP contribution in [0.15, 0.2) is 29.8 Å². The first kappa shape index (κ1) is 22.9. The molecule has 1 heterocycles. The van der Waals surface area contributed by atoms with E-state index < -0.39 is 40.8 Å². The van der Waals surface area contributed by atoms with Gasteiger partial charge >= 0.3 is 18.0 Å². The van der Waals surface area contributed by atoms with Crippen molar-refractivity contribution >= 4 is 29.8 Å². The van der Waals surface area contributed by atoms with Crippen molar-refractivity contribution in [2.24, 2.45) is 11.8 Å². The molecule has 162 valence electrons. The van der Waals surface area contributed by atoms with Crippen LogP contribution >= 0.6 is 0 Å². The first-order valence-corrected chi connectivity index (χ1v) is 9.15. The predicted molar refractivity (Wildman–Crippen MR) is 105 cm³/mol. The van der Waals surface area contributed by atoms with Crippen LogP contribution in [0.25, 0.3) is 6.08 Å². The number of ether oxygens (including phenoxy) is 3. The molecule has 1 aliphatic rings. The molecule has 1 saturated heterocycles. The Kier molecular flexibility index (Phi) is 7.51. The highest BCUT2D eigenvalue weighted by atomic mass is 16.6. The van der Waals surface area contributed by atoms with Crippen molar-refractivity contribution in [2.75, 3.05) is 27.9 Å². The summed E-state index contributed by atoms with van der Waals surface area (Å²) in [4.78, 5) is 48.5. The number of hydrogen-bond acceptors (Lipinski definition) is 8. The molecular formula is C20H24N2O8. The smallest absolute Gasteiger partial charge is 0.410 e. The molecule has 1 fully saturated rings. The van der Waals surface area contributed by atoms with Crippen molar-refractivity contribution in [3.05, 3.63) is 45.5 Å². The summed E-state index contributed by atoms with van der Waals surface area (Å²) in [6.45, 7) is 1.90. The van der Waals surface area contributed by atoms with Crippen LogP contribution in [0.4, 0.5) is 10.5 Å². The van der Waals surface area contributed by atoms with Crippen molar-refractivity contribution in [3.63, 3.8) is 0 Å². The van der Waals surface area contributed by atoms with Crippen LogP contribution in [0, 0.1) is 22.0 Å². The van der Waals surface area contributed by atoms with E-state index in [4.69, 9.17) is 14.2 Å². The highest BCUT2D eigenvalue weighted by molar-refractivity contribution is 5.84. The minimum Gasteiger partial charge on any atom is -0.469 e. The van der Waals surface area contributed by atoms with Gasteiger partial charge in [0.2, 0.25) is 0 Å². The van der Waals surface area contributed by atoms with Crippen LogP contribution in [0.5, 0.6) is 0 Å². The fourth-order valence-corrected chi connectivity index (χ4v) is 3.75. The van der Waals surface area contributed by atoms with Gasteiger partial charge in [0.25, 0.3) is 5.69 Å². The lowest BCUT2D eigenvalue weighted by atomic mass is 9.82. The van der Waals surface area contributed by atoms with E-state index >= 15 is 0 Å². The Balaban J connectivity index is 2.46. The van der Waals surface area contributed by atoms with Gasteiger partial charge in [-0.05, 0) is 12.5 Å². The molecule has 0 N–H and O–H groups in total. The minimum absolute atomic E-state index is 0.0577. The van der Waals surface area contributed by atoms with Gasteiger partial charge in [-0.1, -0.05) is 23.8 Å². The fourth-order valence-electron chi connectivity index (χ4n) is 3.75. The lowest BCUT2D eigenvalue weighted by Crippen LogP contribution is -2.44. The van der Waals surface area contributed by atoms with Gasteiger partial charge in [0, 0.05) is 30.5 Å². The largest absolute Gasteiger partial charge is 0.469 e. The molecule has 1 aromatic carbocycles. The number of hydrogen-bond donors (Lipinski definition) is 0. The zero-order chi connectivity index (χ0) is 22.4. The summed E-state index contributed by atoms with van der Waals surface area (Å²) in [7, 11) is 3.64. The maximum Gasteiger partial charge on any atom is 0.410 e. The maximum atomic E-state index is 12.5. The molecular weight excluding hydrogens is 396 g/mol. The number of nitrogens with zero attached hydrogens (tertiary/aromatic N) is 2. The molecule has 2 rings (SSSR count). The van der Waals surface area contributed by atoms with Crippen molar-refractivity contribution < 1.29 is 33.5 Å². The number of non-ortho nitro benzene ring substituents is 1. The van der Waals surface area contributed by atoms with Gasteiger partial charge < -0.3 is 14.2 Å². The molecule has 3 atom stereocenters. The van der Waals surface area contributed by atoms with Gasteiger partial charge in [0.15, 0.2) is 0 Å². The quantitative estimate of drug-likeness (QED) is 0.297. The number of carbonyl (C=O) groups excluding carboxylic acids is 3. The molecule has 0 aromatic heterocycles. The molecule has 1 aliphatic heterocycles. The Bertz CT molecular complexity index is 866. The van der Waals surface area contributed by atoms with Gasteiger partial charge in [-0.25, -0.2) is 9.59 Å². The van der Waals surface area contributed by atoms with Crippen LogP contribution in [0.3, 0.4) is 0 Å². The van der Waals surface area contributed by atoms with Crippen molar-refractivity contribution in [2.45, 2.75) is 19.4 Å². The number of carbonyl (C=O) groups is 3. The van der Waals surface area contributed by atoms with E-state index in [1.165, 1.54) is 38.4 Å². The lowest BCUT2D eigenvalue weighted by Gasteiger charge is -2.25. The van der Waals surface area contributed by atoms with E-state index in [0.29, 0.717) is 5.56 Å². The third kappa shape index (κ3) is 4.94. The van der Waals surface area contributed by atoms with Crippen LogP contribution in [-0.4, -0.2) is 61.8 Å². The molecule has 1 aromatic rings. The molecule has 0 aliphatic carbocycles. The Morgan fingerprint density at radius 1 is 1.20 bits per heavy atom. The van der Waals surface area contributed by atoms with E-state index in [9.17, 15) is 24.5 Å². The summed E-state index contributed by atoms with van der Waals surface area (Å²) >= 11 is 0. The van der Waals surface area contributed by atoms with Gasteiger partial charge in [-0.2, -0.15) is 0 Å². The zero-order valence-corrected chi connectivity index (χ0v) is 17.2. The minimum atomic E-state index is -1.03. The monoisotopic (exact) mass is 420 g/mol. The summed E-state index contributed by atoms with van der Waals surface area (Å²) < 4.78 is 14.4. The van der Waals surface area contributed by atoms with Crippen molar-refractivity contribution in [1.29, 1.82) is 0 Å². The van der Waals surface area contributed by atoms with Crippen molar-refractivity contribution in [3.8, 4) is 0 Å². The summed E-state index contributed by atoms with van der Waals surface area (Å²) in [5.41, 5.74) is 1.27. The Morgan fingerprint density at radius 3 is 2.47 bits per heavy atom. The van der Waals surface area contributed by atoms with Crippen LogP contribution < -0.4 is 0 Å². The van der Waals surface area contributed by atoms with Gasteiger partial charge in [-0.15, -0.1) is 0 Å². The summed E-state index contributed by atoms with van der Waals surface area (Å²) in [6.07, 6.45) is 0.900. The molecule has 0 radical (unpaired) electrons. The molecule has 10 heteroatoms. The second-order valence-corrected chi connectivity index (χ2v) is 6.88. The van der Waals surface area contributed by atoms with Crippen LogP contribution in [-0.2, 0) is 23.8 Å². The number of amides is 1.